The Hall–Kier alpha value is -3.73. The molecule has 4 aromatic rings. The van der Waals surface area contributed by atoms with Crippen molar-refractivity contribution >= 4 is 5.91 Å². The second-order valence-corrected chi connectivity index (χ2v) is 7.12. The van der Waals surface area contributed by atoms with Crippen LogP contribution in [0.25, 0.3) is 11.1 Å². The van der Waals surface area contributed by atoms with E-state index in [4.69, 9.17) is 4.74 Å². The first kappa shape index (κ1) is 19.6. The van der Waals surface area contributed by atoms with Crippen LogP contribution in [0, 0.1) is 12.7 Å². The Labute approximate surface area is 174 Å². The lowest BCUT2D eigenvalue weighted by molar-refractivity contribution is 0.0943. The van der Waals surface area contributed by atoms with Gasteiger partial charge in [-0.15, -0.1) is 0 Å². The number of hydrogen-bond donors (Lipinski definition) is 0. The molecule has 1 atom stereocenters. The first-order valence-electron chi connectivity index (χ1n) is 9.70. The largest absolute Gasteiger partial charge is 0.484 e. The highest BCUT2D eigenvalue weighted by atomic mass is 19.1. The maximum absolute atomic E-state index is 14.6. The number of halogens is 1. The second-order valence-electron chi connectivity index (χ2n) is 7.12. The molecule has 0 saturated heterocycles. The minimum atomic E-state index is -0.445. The Balaban J connectivity index is 1.48. The summed E-state index contributed by atoms with van der Waals surface area (Å²) in [5, 5.41) is 4.34. The van der Waals surface area contributed by atoms with E-state index in [-0.39, 0.29) is 11.7 Å². The predicted molar refractivity (Wildman–Crippen MR) is 114 cm³/mol. The van der Waals surface area contributed by atoms with Crippen LogP contribution in [0.2, 0.25) is 0 Å². The van der Waals surface area contributed by atoms with Crippen LogP contribution in [0.3, 0.4) is 0 Å². The van der Waals surface area contributed by atoms with Crippen molar-refractivity contribution in [2.24, 2.45) is 0 Å². The van der Waals surface area contributed by atoms with Crippen LogP contribution < -0.4 is 4.74 Å². The minimum Gasteiger partial charge on any atom is -0.484 e. The van der Waals surface area contributed by atoms with Gasteiger partial charge in [0.15, 0.2) is 0 Å². The van der Waals surface area contributed by atoms with Crippen molar-refractivity contribution in [2.75, 3.05) is 0 Å². The fraction of sp³-hybridized carbons (Fsp3) is 0.120. The van der Waals surface area contributed by atoms with Crippen molar-refractivity contribution in [3.05, 3.63) is 108 Å². The maximum atomic E-state index is 14.6. The van der Waals surface area contributed by atoms with Gasteiger partial charge in [-0.2, -0.15) is 5.10 Å². The molecule has 0 spiro atoms. The highest BCUT2D eigenvalue weighted by Gasteiger charge is 2.16. The molecule has 0 saturated carbocycles. The molecular weight excluding hydrogens is 379 g/mol. The lowest BCUT2D eigenvalue weighted by atomic mass is 10.1. The fourth-order valence-corrected chi connectivity index (χ4v) is 3.18. The Morgan fingerprint density at radius 1 is 1.00 bits per heavy atom. The third kappa shape index (κ3) is 4.15. The summed E-state index contributed by atoms with van der Waals surface area (Å²) in [6, 6.07) is 23.2. The van der Waals surface area contributed by atoms with Crippen molar-refractivity contribution in [3.8, 4) is 16.9 Å². The van der Waals surface area contributed by atoms with Crippen molar-refractivity contribution in [1.29, 1.82) is 0 Å². The topological polar surface area (TPSA) is 44.1 Å². The number of benzene rings is 3. The van der Waals surface area contributed by atoms with E-state index in [1.807, 2.05) is 56.3 Å². The number of hydrogen-bond acceptors (Lipinski definition) is 3. The Morgan fingerprint density at radius 2 is 1.73 bits per heavy atom. The fourth-order valence-electron chi connectivity index (χ4n) is 3.18. The van der Waals surface area contributed by atoms with E-state index in [0.29, 0.717) is 22.6 Å². The molecule has 0 aliphatic rings. The van der Waals surface area contributed by atoms with Gasteiger partial charge in [0.1, 0.15) is 23.4 Å². The van der Waals surface area contributed by atoms with E-state index in [1.54, 1.807) is 36.5 Å². The summed E-state index contributed by atoms with van der Waals surface area (Å²) in [5.74, 6) is -0.170. The lowest BCUT2D eigenvalue weighted by Crippen LogP contribution is -2.14. The molecule has 0 N–H and O–H groups in total. The highest BCUT2D eigenvalue weighted by Crippen LogP contribution is 2.28. The summed E-state index contributed by atoms with van der Waals surface area (Å²) in [5.41, 5.74) is 3.55. The van der Waals surface area contributed by atoms with Crippen LogP contribution in [0.4, 0.5) is 4.39 Å². The van der Waals surface area contributed by atoms with E-state index in [2.05, 4.69) is 5.10 Å². The third-order valence-corrected chi connectivity index (χ3v) is 4.87. The number of carbonyl (C=O) groups is 1. The number of rotatable bonds is 5. The van der Waals surface area contributed by atoms with Gasteiger partial charge in [0.2, 0.25) is 0 Å². The van der Waals surface area contributed by atoms with Crippen LogP contribution in [-0.4, -0.2) is 15.7 Å². The molecule has 1 aromatic heterocycles. The molecule has 0 aliphatic heterocycles. The van der Waals surface area contributed by atoms with E-state index < -0.39 is 6.10 Å². The molecule has 3 aromatic carbocycles. The van der Waals surface area contributed by atoms with Crippen LogP contribution in [-0.2, 0) is 0 Å². The molecule has 0 amide bonds. The quantitative estimate of drug-likeness (QED) is 0.424. The zero-order valence-electron chi connectivity index (χ0n) is 16.7. The normalized spacial score (nSPS) is 11.8. The number of aromatic nitrogens is 2. The summed E-state index contributed by atoms with van der Waals surface area (Å²) >= 11 is 0. The Morgan fingerprint density at radius 3 is 2.43 bits per heavy atom. The van der Waals surface area contributed by atoms with Gasteiger partial charge < -0.3 is 4.74 Å². The predicted octanol–water partition coefficient (Wildman–Crippen LogP) is 5.83. The van der Waals surface area contributed by atoms with Crippen molar-refractivity contribution in [1.82, 2.24) is 9.78 Å². The third-order valence-electron chi connectivity index (χ3n) is 4.87. The molecule has 0 radical (unpaired) electrons. The summed E-state index contributed by atoms with van der Waals surface area (Å²) in [6.45, 7) is 3.78. The molecule has 30 heavy (non-hydrogen) atoms. The summed E-state index contributed by atoms with van der Waals surface area (Å²) in [7, 11) is 0. The van der Waals surface area contributed by atoms with Crippen LogP contribution in [0.15, 0.2) is 85.1 Å². The van der Waals surface area contributed by atoms with Gasteiger partial charge >= 0.3 is 0 Å². The molecule has 0 unspecified atom stereocenters. The van der Waals surface area contributed by atoms with Gasteiger partial charge in [-0.3, -0.25) is 4.79 Å². The van der Waals surface area contributed by atoms with Crippen LogP contribution in [0.1, 0.15) is 34.6 Å². The molecule has 0 fully saturated rings. The zero-order chi connectivity index (χ0) is 21.1. The standard InChI is InChI=1S/C25H21FN2O2/c1-17-8-10-20(11-9-17)25(29)28-15-14-24(27-28)18(2)30-21-12-13-22(23(26)16-21)19-6-4-3-5-7-19/h3-16,18H,1-2H3/t18-/m0/s1. The number of carbonyl (C=O) groups excluding carboxylic acids is 1. The monoisotopic (exact) mass is 400 g/mol. The molecule has 5 heteroatoms. The molecule has 4 nitrogen and oxygen atoms in total. The Bertz CT molecular complexity index is 1170. The van der Waals surface area contributed by atoms with Crippen molar-refractivity contribution in [3.63, 3.8) is 0 Å². The summed E-state index contributed by atoms with van der Waals surface area (Å²) in [4.78, 5) is 12.6. The molecule has 0 aliphatic carbocycles. The van der Waals surface area contributed by atoms with Gasteiger partial charge in [-0.25, -0.2) is 9.07 Å². The Kier molecular flexibility index (Phi) is 5.44. The summed E-state index contributed by atoms with van der Waals surface area (Å²) < 4.78 is 21.7. The van der Waals surface area contributed by atoms with Gasteiger partial charge in [0.25, 0.3) is 5.91 Å². The van der Waals surface area contributed by atoms with Gasteiger partial charge in [0, 0.05) is 23.4 Å². The van der Waals surface area contributed by atoms with Gasteiger partial charge in [-0.1, -0.05) is 48.0 Å². The van der Waals surface area contributed by atoms with E-state index in [1.165, 1.54) is 10.7 Å². The van der Waals surface area contributed by atoms with E-state index in [9.17, 15) is 9.18 Å². The SMILES string of the molecule is Cc1ccc(C(=O)n2ccc([C@H](C)Oc3ccc(-c4ccccc4)c(F)c3)n2)cc1. The molecule has 1 heterocycles. The molecule has 150 valence electrons. The number of ether oxygens (including phenoxy) is 1. The first-order valence-corrected chi connectivity index (χ1v) is 9.70. The van der Waals surface area contributed by atoms with Crippen molar-refractivity contribution in [2.45, 2.75) is 20.0 Å². The van der Waals surface area contributed by atoms with Gasteiger partial charge in [0.05, 0.1) is 0 Å². The second kappa shape index (κ2) is 8.33. The minimum absolute atomic E-state index is 0.216. The maximum Gasteiger partial charge on any atom is 0.278 e. The molecule has 0 bridgehead atoms. The highest BCUT2D eigenvalue weighted by molar-refractivity contribution is 5.95. The average Bonchev–Trinajstić information content (AvgIpc) is 3.25. The number of nitrogens with zero attached hydrogens (tertiary/aromatic N) is 2. The number of aryl methyl sites for hydroxylation is 1. The smallest absolute Gasteiger partial charge is 0.278 e. The lowest BCUT2D eigenvalue weighted by Gasteiger charge is -2.13. The van der Waals surface area contributed by atoms with E-state index in [0.717, 1.165) is 11.1 Å². The summed E-state index contributed by atoms with van der Waals surface area (Å²) in [6.07, 6.45) is 1.16. The average molecular weight is 400 g/mol. The molecular formula is C25H21FN2O2. The van der Waals surface area contributed by atoms with Gasteiger partial charge in [-0.05, 0) is 49.7 Å². The zero-order valence-corrected chi connectivity index (χ0v) is 16.7. The molecule has 4 rings (SSSR count). The van der Waals surface area contributed by atoms with Crippen molar-refractivity contribution < 1.29 is 13.9 Å². The first-order chi connectivity index (χ1) is 14.5. The van der Waals surface area contributed by atoms with Crippen LogP contribution in [0.5, 0.6) is 5.75 Å². The van der Waals surface area contributed by atoms with Crippen LogP contribution >= 0.6 is 0 Å². The van der Waals surface area contributed by atoms with E-state index >= 15 is 0 Å².